The lowest BCUT2D eigenvalue weighted by molar-refractivity contribution is -0.136. The van der Waals surface area contributed by atoms with E-state index in [4.69, 9.17) is 5.11 Å². The molecular weight excluding hydrogens is 238 g/mol. The monoisotopic (exact) mass is 247 g/mol. The fourth-order valence-electron chi connectivity index (χ4n) is 0.833. The molecule has 0 aliphatic carbocycles. The van der Waals surface area contributed by atoms with Gasteiger partial charge >= 0.3 is 5.97 Å². The summed E-state index contributed by atoms with van der Waals surface area (Å²) in [5.74, 6) is -1.83. The lowest BCUT2D eigenvalue weighted by Crippen LogP contribution is -2.20. The molecule has 1 heterocycles. The Morgan fingerprint density at radius 1 is 1.50 bits per heavy atom. The molecule has 8 nitrogen and oxygen atoms in total. The van der Waals surface area contributed by atoms with E-state index in [1.54, 1.807) is 0 Å². The molecule has 0 saturated heterocycles. The molecule has 16 heavy (non-hydrogen) atoms. The maximum absolute atomic E-state index is 11.3. The van der Waals surface area contributed by atoms with Gasteiger partial charge in [-0.1, -0.05) is 0 Å². The van der Waals surface area contributed by atoms with Crippen molar-refractivity contribution in [2.45, 2.75) is 6.42 Å². The zero-order valence-electron chi connectivity index (χ0n) is 8.00. The predicted octanol–water partition coefficient (Wildman–Crippen LogP) is -1.01. The first kappa shape index (κ1) is 12.2. The molecule has 3 N–H and O–H groups in total. The summed E-state index contributed by atoms with van der Waals surface area (Å²) < 4.78 is 24.6. The number of aliphatic carboxylic acids is 1. The second-order valence-corrected chi connectivity index (χ2v) is 4.71. The summed E-state index contributed by atoms with van der Waals surface area (Å²) in [6, 6.07) is 2.28. The molecule has 0 aromatic carbocycles. The second-order valence-electron chi connectivity index (χ2n) is 2.87. The van der Waals surface area contributed by atoms with E-state index in [1.165, 1.54) is 6.07 Å². The van der Waals surface area contributed by atoms with Gasteiger partial charge in [-0.05, 0) is 6.07 Å². The van der Waals surface area contributed by atoms with Crippen molar-refractivity contribution in [3.8, 4) is 0 Å². The van der Waals surface area contributed by atoms with Crippen LogP contribution >= 0.6 is 0 Å². The van der Waals surface area contributed by atoms with Gasteiger partial charge in [0, 0.05) is 6.07 Å². The van der Waals surface area contributed by atoms with Crippen LogP contribution in [-0.4, -0.2) is 35.4 Å². The second kappa shape index (κ2) is 4.75. The number of carbonyl (C=O) groups is 1. The maximum Gasteiger partial charge on any atom is 0.304 e. The Hall–Kier alpha value is -1.90. The van der Waals surface area contributed by atoms with Crippen molar-refractivity contribution in [2.75, 3.05) is 10.5 Å². The molecule has 0 radical (unpaired) electrons. The number of nitrogens with zero attached hydrogens (tertiary/aromatic N) is 1. The molecule has 0 amide bonds. The van der Waals surface area contributed by atoms with Gasteiger partial charge in [-0.3, -0.25) is 14.3 Å². The average molecular weight is 247 g/mol. The molecule has 0 bridgehead atoms. The lowest BCUT2D eigenvalue weighted by atomic mass is 10.5. The molecule has 0 unspecified atom stereocenters. The van der Waals surface area contributed by atoms with Crippen LogP contribution in [0, 0.1) is 0 Å². The Bertz CT molecular complexity index is 515. The Balaban J connectivity index is 2.69. The van der Waals surface area contributed by atoms with Gasteiger partial charge < -0.3 is 5.11 Å². The molecule has 1 aromatic rings. The predicted molar refractivity (Wildman–Crippen MR) is 54.5 cm³/mol. The largest absolute Gasteiger partial charge is 0.481 e. The van der Waals surface area contributed by atoms with Gasteiger partial charge in [0.1, 0.15) is 0 Å². The third kappa shape index (κ3) is 4.09. The van der Waals surface area contributed by atoms with Crippen molar-refractivity contribution in [3.05, 3.63) is 22.5 Å². The summed E-state index contributed by atoms with van der Waals surface area (Å²) in [7, 11) is -3.76. The van der Waals surface area contributed by atoms with Gasteiger partial charge in [-0.25, -0.2) is 13.5 Å². The summed E-state index contributed by atoms with van der Waals surface area (Å²) in [5, 5.41) is 13.8. The zero-order valence-corrected chi connectivity index (χ0v) is 8.82. The van der Waals surface area contributed by atoms with Crippen LogP contribution in [0.3, 0.4) is 0 Å². The van der Waals surface area contributed by atoms with E-state index in [2.05, 4.69) is 5.10 Å². The molecule has 1 rings (SSSR count). The molecule has 0 fully saturated rings. The minimum Gasteiger partial charge on any atom is -0.481 e. The van der Waals surface area contributed by atoms with Crippen molar-refractivity contribution in [3.63, 3.8) is 0 Å². The highest BCUT2D eigenvalue weighted by Crippen LogP contribution is 2.02. The number of sulfonamides is 1. The van der Waals surface area contributed by atoms with Crippen LogP contribution in [0.4, 0.5) is 5.82 Å². The molecular formula is C7H9N3O5S. The number of anilines is 1. The number of aromatic amines is 1. The Labute approximate surface area is 90.4 Å². The molecule has 0 aliphatic rings. The maximum atomic E-state index is 11.3. The minimum absolute atomic E-state index is 0.0648. The van der Waals surface area contributed by atoms with Crippen molar-refractivity contribution in [1.29, 1.82) is 0 Å². The van der Waals surface area contributed by atoms with Crippen LogP contribution in [0.15, 0.2) is 16.9 Å². The Morgan fingerprint density at radius 3 is 2.69 bits per heavy atom. The van der Waals surface area contributed by atoms with Gasteiger partial charge in [-0.15, -0.1) is 0 Å². The van der Waals surface area contributed by atoms with E-state index in [0.717, 1.165) is 6.07 Å². The molecule has 88 valence electrons. The smallest absolute Gasteiger partial charge is 0.304 e. The molecule has 0 saturated carbocycles. The van der Waals surface area contributed by atoms with Crippen molar-refractivity contribution in [1.82, 2.24) is 10.2 Å². The van der Waals surface area contributed by atoms with E-state index >= 15 is 0 Å². The average Bonchev–Trinajstić information content (AvgIpc) is 2.19. The highest BCUT2D eigenvalue weighted by Gasteiger charge is 2.13. The number of hydrogen-bond donors (Lipinski definition) is 3. The van der Waals surface area contributed by atoms with Crippen LogP contribution < -0.4 is 10.3 Å². The molecule has 0 atom stereocenters. The molecule has 0 spiro atoms. The van der Waals surface area contributed by atoms with E-state index in [0.29, 0.717) is 0 Å². The summed E-state index contributed by atoms with van der Waals surface area (Å²) in [5.41, 5.74) is -0.464. The van der Waals surface area contributed by atoms with Gasteiger partial charge in [0.25, 0.3) is 5.56 Å². The van der Waals surface area contributed by atoms with Crippen LogP contribution in [0.25, 0.3) is 0 Å². The van der Waals surface area contributed by atoms with Gasteiger partial charge in [0.2, 0.25) is 10.0 Å². The van der Waals surface area contributed by atoms with Crippen LogP contribution in [0.1, 0.15) is 6.42 Å². The van der Waals surface area contributed by atoms with Crippen LogP contribution in [0.5, 0.6) is 0 Å². The highest BCUT2D eigenvalue weighted by molar-refractivity contribution is 7.92. The standard InChI is InChI=1S/C7H9N3O5S/c11-6-2-1-5(8-9-6)10-16(14,15)4-3-7(12)13/h1-2H,3-4H2,(H,8,10)(H,9,11)(H,12,13). The van der Waals surface area contributed by atoms with E-state index in [-0.39, 0.29) is 5.82 Å². The number of hydrogen-bond acceptors (Lipinski definition) is 5. The molecule has 0 aliphatic heterocycles. The van der Waals surface area contributed by atoms with Crippen LogP contribution in [-0.2, 0) is 14.8 Å². The topological polar surface area (TPSA) is 129 Å². The third-order valence-corrected chi connectivity index (χ3v) is 2.79. The fraction of sp³-hybridized carbons (Fsp3) is 0.286. The summed E-state index contributed by atoms with van der Waals surface area (Å²) >= 11 is 0. The van der Waals surface area contributed by atoms with E-state index in [9.17, 15) is 18.0 Å². The normalized spacial score (nSPS) is 11.0. The minimum atomic E-state index is -3.76. The van der Waals surface area contributed by atoms with Crippen molar-refractivity contribution in [2.24, 2.45) is 0 Å². The number of rotatable bonds is 5. The summed E-state index contributed by atoms with van der Waals surface area (Å²) in [4.78, 5) is 20.8. The number of aromatic nitrogens is 2. The zero-order chi connectivity index (χ0) is 12.2. The number of nitrogens with one attached hydrogen (secondary N) is 2. The first-order valence-electron chi connectivity index (χ1n) is 4.17. The quantitative estimate of drug-likeness (QED) is 0.611. The van der Waals surface area contributed by atoms with Gasteiger partial charge in [-0.2, -0.15) is 5.10 Å². The molecule has 1 aromatic heterocycles. The number of carboxylic acid groups (broad SMARTS) is 1. The first-order valence-corrected chi connectivity index (χ1v) is 5.82. The fourth-order valence-corrected chi connectivity index (χ4v) is 1.81. The van der Waals surface area contributed by atoms with Crippen molar-refractivity contribution >= 4 is 21.8 Å². The SMILES string of the molecule is O=C(O)CCS(=O)(=O)Nc1ccc(=O)[nH]n1. The Morgan fingerprint density at radius 2 is 2.19 bits per heavy atom. The van der Waals surface area contributed by atoms with E-state index in [1.807, 2.05) is 9.82 Å². The Kier molecular flexibility index (Phi) is 3.61. The first-order chi connectivity index (χ1) is 7.39. The summed E-state index contributed by atoms with van der Waals surface area (Å²) in [6.07, 6.45) is -0.501. The summed E-state index contributed by atoms with van der Waals surface area (Å²) in [6.45, 7) is 0. The van der Waals surface area contributed by atoms with Crippen molar-refractivity contribution < 1.29 is 18.3 Å². The third-order valence-electron chi connectivity index (χ3n) is 1.52. The van der Waals surface area contributed by atoms with Gasteiger partial charge in [0.15, 0.2) is 5.82 Å². The highest BCUT2D eigenvalue weighted by atomic mass is 32.2. The van der Waals surface area contributed by atoms with E-state index < -0.39 is 33.7 Å². The lowest BCUT2D eigenvalue weighted by Gasteiger charge is -2.04. The van der Waals surface area contributed by atoms with Gasteiger partial charge in [0.05, 0.1) is 12.2 Å². The molecule has 9 heteroatoms. The number of H-pyrrole nitrogens is 1. The number of carboxylic acids is 1. The van der Waals surface area contributed by atoms with Crippen LogP contribution in [0.2, 0.25) is 0 Å².